The summed E-state index contributed by atoms with van der Waals surface area (Å²) in [5, 5.41) is 0. The van der Waals surface area contributed by atoms with Gasteiger partial charge in [0.1, 0.15) is 22.1 Å². The second kappa shape index (κ2) is 17.2. The van der Waals surface area contributed by atoms with Crippen LogP contribution in [0.15, 0.2) is 36.4 Å². The van der Waals surface area contributed by atoms with Crippen LogP contribution in [0, 0.1) is 0 Å². The average Bonchev–Trinajstić information content (AvgIpc) is 3.93. The van der Waals surface area contributed by atoms with Crippen molar-refractivity contribution in [3.8, 4) is 22.3 Å². The van der Waals surface area contributed by atoms with Gasteiger partial charge in [0.25, 0.3) is 0 Å². The fraction of sp³-hybridized carbons (Fsp3) is 0.591. The number of unbranched alkanes of at least 4 members (excludes halogenated alkanes) is 18. The standard InChI is InChI=1S/C44H58N4S2/c1-3-5-7-9-11-13-15-17-19-21-27-44(28-22-20-18-16-14-12-10-8-6-4-2)36-24-26-39-43(48-50-46-39)41(36)35-30-33-29-32-23-25-38-42(47-49-45-38)40(32)34(33)31-37(35)44/h23-26,30-31H,3-22,27-29H2,1-2H3. The van der Waals surface area contributed by atoms with Crippen LogP contribution in [0.5, 0.6) is 0 Å². The van der Waals surface area contributed by atoms with Crippen LogP contribution in [-0.2, 0) is 11.8 Å². The molecule has 7 rings (SSSR count). The van der Waals surface area contributed by atoms with Gasteiger partial charge in [-0.2, -0.15) is 17.5 Å². The Bertz CT molecular complexity index is 1830. The molecule has 2 heterocycles. The number of fused-ring (bicyclic) bond motifs is 10. The molecule has 0 fully saturated rings. The van der Waals surface area contributed by atoms with Gasteiger partial charge >= 0.3 is 0 Å². The van der Waals surface area contributed by atoms with Gasteiger partial charge in [-0.15, -0.1) is 0 Å². The maximum Gasteiger partial charge on any atom is 0.112 e. The summed E-state index contributed by atoms with van der Waals surface area (Å²) in [6, 6.07) is 14.3. The van der Waals surface area contributed by atoms with E-state index in [0.717, 1.165) is 28.5 Å². The van der Waals surface area contributed by atoms with E-state index in [4.69, 9.17) is 13.1 Å². The van der Waals surface area contributed by atoms with E-state index >= 15 is 0 Å². The van der Waals surface area contributed by atoms with Gasteiger partial charge in [-0.1, -0.05) is 154 Å². The predicted octanol–water partition coefficient (Wildman–Crippen LogP) is 14.2. The molecule has 0 amide bonds. The molecule has 4 nitrogen and oxygen atoms in total. The van der Waals surface area contributed by atoms with Crippen molar-refractivity contribution in [3.63, 3.8) is 0 Å². The number of aromatic nitrogens is 4. The number of hydrogen-bond donors (Lipinski definition) is 0. The SMILES string of the molecule is CCCCCCCCCCCCC1(CCCCCCCCCCCC)c2cc3c(cc2-c2c1ccc1nsnc21)Cc1ccc2nsnc2c1-3. The monoisotopic (exact) mass is 706 g/mol. The summed E-state index contributed by atoms with van der Waals surface area (Å²) in [7, 11) is 0. The van der Waals surface area contributed by atoms with Crippen molar-refractivity contribution >= 4 is 45.5 Å². The highest BCUT2D eigenvalue weighted by Crippen LogP contribution is 2.58. The highest BCUT2D eigenvalue weighted by atomic mass is 32.1. The molecule has 0 saturated carbocycles. The first-order valence-electron chi connectivity index (χ1n) is 20.4. The summed E-state index contributed by atoms with van der Waals surface area (Å²) in [5.41, 5.74) is 15.7. The molecule has 0 saturated heterocycles. The van der Waals surface area contributed by atoms with E-state index in [1.807, 2.05) is 0 Å². The fourth-order valence-electron chi connectivity index (χ4n) is 9.33. The first-order chi connectivity index (χ1) is 24.7. The molecule has 266 valence electrons. The molecule has 50 heavy (non-hydrogen) atoms. The number of nitrogens with zero attached hydrogens (tertiary/aromatic N) is 4. The summed E-state index contributed by atoms with van der Waals surface area (Å²) in [6.45, 7) is 4.62. The maximum atomic E-state index is 4.95. The van der Waals surface area contributed by atoms with Crippen molar-refractivity contribution in [2.75, 3.05) is 0 Å². The molecule has 0 bridgehead atoms. The first-order valence-corrected chi connectivity index (χ1v) is 21.9. The molecule has 0 unspecified atom stereocenters. The normalized spacial score (nSPS) is 14.0. The van der Waals surface area contributed by atoms with Crippen molar-refractivity contribution in [2.24, 2.45) is 0 Å². The predicted molar refractivity (Wildman–Crippen MR) is 216 cm³/mol. The lowest BCUT2D eigenvalue weighted by atomic mass is 9.70. The van der Waals surface area contributed by atoms with Crippen molar-refractivity contribution < 1.29 is 0 Å². The molecule has 0 radical (unpaired) electrons. The average molecular weight is 707 g/mol. The minimum atomic E-state index is 0.0226. The third kappa shape index (κ3) is 7.44. The minimum Gasteiger partial charge on any atom is -0.173 e. The highest BCUT2D eigenvalue weighted by Gasteiger charge is 2.44. The zero-order valence-electron chi connectivity index (χ0n) is 30.8. The molecule has 0 spiro atoms. The van der Waals surface area contributed by atoms with E-state index < -0.39 is 0 Å². The van der Waals surface area contributed by atoms with E-state index in [-0.39, 0.29) is 5.41 Å². The lowest BCUT2D eigenvalue weighted by molar-refractivity contribution is 0.397. The lowest BCUT2D eigenvalue weighted by Crippen LogP contribution is -2.25. The van der Waals surface area contributed by atoms with Crippen LogP contribution in [0.1, 0.15) is 177 Å². The van der Waals surface area contributed by atoms with Crippen LogP contribution in [-0.4, -0.2) is 17.5 Å². The van der Waals surface area contributed by atoms with Gasteiger partial charge < -0.3 is 0 Å². The van der Waals surface area contributed by atoms with E-state index in [9.17, 15) is 0 Å². The van der Waals surface area contributed by atoms with Crippen molar-refractivity contribution in [1.82, 2.24) is 17.5 Å². The Morgan fingerprint density at radius 2 is 0.980 bits per heavy atom. The lowest BCUT2D eigenvalue weighted by Gasteiger charge is -2.33. The van der Waals surface area contributed by atoms with Crippen LogP contribution in [0.25, 0.3) is 44.3 Å². The van der Waals surface area contributed by atoms with Crippen LogP contribution in [0.4, 0.5) is 0 Å². The summed E-state index contributed by atoms with van der Waals surface area (Å²) < 4.78 is 19.1. The third-order valence-electron chi connectivity index (χ3n) is 12.1. The molecular formula is C44H58N4S2. The van der Waals surface area contributed by atoms with Gasteiger partial charge in [0.15, 0.2) is 0 Å². The van der Waals surface area contributed by atoms with Gasteiger partial charge in [-0.05, 0) is 76.9 Å². The molecular weight excluding hydrogens is 649 g/mol. The van der Waals surface area contributed by atoms with Gasteiger partial charge in [0.2, 0.25) is 0 Å². The summed E-state index contributed by atoms with van der Waals surface area (Å²) >= 11 is 2.71. The molecule has 5 aromatic rings. The molecule has 0 atom stereocenters. The molecule has 0 N–H and O–H groups in total. The van der Waals surface area contributed by atoms with Crippen LogP contribution >= 0.6 is 23.5 Å². The van der Waals surface area contributed by atoms with E-state index in [0.29, 0.717) is 0 Å². The Balaban J connectivity index is 1.15. The number of rotatable bonds is 22. The number of benzene rings is 3. The zero-order chi connectivity index (χ0) is 34.2. The Hall–Kier alpha value is -2.70. The van der Waals surface area contributed by atoms with E-state index in [2.05, 4.69) is 54.6 Å². The molecule has 2 aromatic heterocycles. The zero-order valence-corrected chi connectivity index (χ0v) is 32.5. The minimum absolute atomic E-state index is 0.0226. The first kappa shape index (κ1) is 35.7. The molecule has 2 aliphatic carbocycles. The largest absolute Gasteiger partial charge is 0.173 e. The van der Waals surface area contributed by atoms with Gasteiger partial charge in [-0.3, -0.25) is 0 Å². The van der Waals surface area contributed by atoms with Gasteiger partial charge in [0, 0.05) is 16.5 Å². The second-order valence-electron chi connectivity index (χ2n) is 15.5. The van der Waals surface area contributed by atoms with E-state index in [1.54, 1.807) is 5.56 Å². The summed E-state index contributed by atoms with van der Waals surface area (Å²) in [5.74, 6) is 0. The molecule has 6 heteroatoms. The molecule has 2 aliphatic rings. The topological polar surface area (TPSA) is 51.6 Å². The Morgan fingerprint density at radius 1 is 0.480 bits per heavy atom. The summed E-state index contributed by atoms with van der Waals surface area (Å²) in [4.78, 5) is 0. The molecule has 3 aromatic carbocycles. The second-order valence-corrected chi connectivity index (χ2v) is 16.6. The fourth-order valence-corrected chi connectivity index (χ4v) is 10.4. The van der Waals surface area contributed by atoms with Crippen LogP contribution < -0.4 is 0 Å². The van der Waals surface area contributed by atoms with Gasteiger partial charge in [-0.25, -0.2) is 0 Å². The van der Waals surface area contributed by atoms with Crippen LogP contribution in [0.3, 0.4) is 0 Å². The Labute approximate surface area is 309 Å². The maximum absolute atomic E-state index is 4.95. The van der Waals surface area contributed by atoms with Crippen molar-refractivity contribution in [1.29, 1.82) is 0 Å². The van der Waals surface area contributed by atoms with Crippen LogP contribution in [0.2, 0.25) is 0 Å². The molecule has 0 aliphatic heterocycles. The highest BCUT2D eigenvalue weighted by molar-refractivity contribution is 7.00. The summed E-state index contributed by atoms with van der Waals surface area (Å²) in [6.07, 6.45) is 30.9. The Morgan fingerprint density at radius 3 is 1.54 bits per heavy atom. The van der Waals surface area contributed by atoms with Gasteiger partial charge in [0.05, 0.1) is 23.5 Å². The van der Waals surface area contributed by atoms with Crippen molar-refractivity contribution in [3.05, 3.63) is 58.7 Å². The Kier molecular flexibility index (Phi) is 12.3. The quantitative estimate of drug-likeness (QED) is 0.0660. The van der Waals surface area contributed by atoms with Crippen molar-refractivity contribution in [2.45, 2.75) is 167 Å². The third-order valence-corrected chi connectivity index (χ3v) is 13.1. The number of hydrogen-bond acceptors (Lipinski definition) is 6. The van der Waals surface area contributed by atoms with E-state index in [1.165, 1.54) is 204 Å². The smallest absolute Gasteiger partial charge is 0.112 e.